The van der Waals surface area contributed by atoms with Crippen LogP contribution in [0.3, 0.4) is 0 Å². The van der Waals surface area contributed by atoms with Crippen molar-refractivity contribution in [2.45, 2.75) is 33.2 Å². The molecule has 0 saturated heterocycles. The summed E-state index contributed by atoms with van der Waals surface area (Å²) < 4.78 is 2.21. The summed E-state index contributed by atoms with van der Waals surface area (Å²) in [6, 6.07) is 6.39. The first kappa shape index (κ1) is 12.6. The average molecular weight is 240 g/mol. The van der Waals surface area contributed by atoms with Crippen molar-refractivity contribution in [2.75, 3.05) is 0 Å². The average Bonchev–Trinajstić information content (AvgIpc) is 2.81. The molecule has 18 heavy (non-hydrogen) atoms. The van der Waals surface area contributed by atoms with Crippen LogP contribution in [0.25, 0.3) is 17.2 Å². The van der Waals surface area contributed by atoms with Crippen LogP contribution < -0.4 is 0 Å². The first-order valence-electron chi connectivity index (χ1n) is 6.45. The lowest BCUT2D eigenvalue weighted by Gasteiger charge is -2.08. The molecule has 94 valence electrons. The highest BCUT2D eigenvalue weighted by molar-refractivity contribution is 5.73. The standard InChI is InChI=1S/C16H20N2/c1-5-16-14(8-10-18(16)6-2)13-7-9-17-15(11-13)12(3)4/h5,7-12H,1,6H2,2-4H3. The van der Waals surface area contributed by atoms with Gasteiger partial charge in [-0.25, -0.2) is 0 Å². The molecular formula is C16H20N2. The van der Waals surface area contributed by atoms with E-state index in [0.29, 0.717) is 5.92 Å². The molecule has 2 heterocycles. The molecule has 0 bridgehead atoms. The van der Waals surface area contributed by atoms with Crippen LogP contribution in [0.1, 0.15) is 38.1 Å². The van der Waals surface area contributed by atoms with Gasteiger partial charge in [0, 0.05) is 35.9 Å². The second-order valence-corrected chi connectivity index (χ2v) is 4.73. The Hall–Kier alpha value is -1.83. The number of pyridine rings is 1. The first-order valence-corrected chi connectivity index (χ1v) is 6.45. The van der Waals surface area contributed by atoms with E-state index in [2.05, 4.69) is 61.3 Å². The zero-order valence-electron chi connectivity index (χ0n) is 11.4. The predicted molar refractivity (Wildman–Crippen MR) is 77.5 cm³/mol. The summed E-state index contributed by atoms with van der Waals surface area (Å²) in [5.74, 6) is 0.449. The Bertz CT molecular complexity index is 550. The molecule has 0 N–H and O–H groups in total. The Kier molecular flexibility index (Phi) is 3.66. The van der Waals surface area contributed by atoms with Gasteiger partial charge in [0.1, 0.15) is 0 Å². The first-order chi connectivity index (χ1) is 8.67. The van der Waals surface area contributed by atoms with Crippen LogP contribution in [-0.2, 0) is 6.54 Å². The minimum Gasteiger partial charge on any atom is -0.348 e. The second kappa shape index (κ2) is 5.21. The van der Waals surface area contributed by atoms with Gasteiger partial charge >= 0.3 is 0 Å². The van der Waals surface area contributed by atoms with Gasteiger partial charge in [-0.2, -0.15) is 0 Å². The molecule has 0 spiro atoms. The summed E-state index contributed by atoms with van der Waals surface area (Å²) in [6.45, 7) is 11.4. The predicted octanol–water partition coefficient (Wildman–Crippen LogP) is 4.34. The van der Waals surface area contributed by atoms with Crippen LogP contribution in [0.4, 0.5) is 0 Å². The third-order valence-electron chi connectivity index (χ3n) is 3.22. The van der Waals surface area contributed by atoms with E-state index in [9.17, 15) is 0 Å². The fourth-order valence-corrected chi connectivity index (χ4v) is 2.16. The maximum absolute atomic E-state index is 4.41. The molecule has 0 amide bonds. The molecule has 0 radical (unpaired) electrons. The summed E-state index contributed by atoms with van der Waals surface area (Å²) in [6.07, 6.45) is 5.93. The highest BCUT2D eigenvalue weighted by atomic mass is 15.0. The molecule has 2 rings (SSSR count). The van der Waals surface area contributed by atoms with E-state index in [1.165, 1.54) is 16.8 Å². The van der Waals surface area contributed by atoms with Gasteiger partial charge in [-0.3, -0.25) is 4.98 Å². The smallest absolute Gasteiger partial charge is 0.0480 e. The lowest BCUT2D eigenvalue weighted by molar-refractivity contribution is 0.762. The lowest BCUT2D eigenvalue weighted by atomic mass is 10.0. The number of rotatable bonds is 4. The van der Waals surface area contributed by atoms with E-state index in [4.69, 9.17) is 0 Å². The largest absolute Gasteiger partial charge is 0.348 e. The maximum atomic E-state index is 4.41. The van der Waals surface area contributed by atoms with Crippen molar-refractivity contribution in [1.29, 1.82) is 0 Å². The van der Waals surface area contributed by atoms with E-state index in [1.54, 1.807) is 0 Å². The van der Waals surface area contributed by atoms with Crippen LogP contribution in [0.15, 0.2) is 37.2 Å². The van der Waals surface area contributed by atoms with Gasteiger partial charge in [-0.15, -0.1) is 0 Å². The number of hydrogen-bond donors (Lipinski definition) is 0. The summed E-state index contributed by atoms with van der Waals surface area (Å²) in [7, 11) is 0. The van der Waals surface area contributed by atoms with Crippen LogP contribution in [0, 0.1) is 0 Å². The van der Waals surface area contributed by atoms with E-state index in [1.807, 2.05) is 12.3 Å². The van der Waals surface area contributed by atoms with Gasteiger partial charge in [-0.05, 0) is 42.7 Å². The Balaban J connectivity index is 2.51. The van der Waals surface area contributed by atoms with E-state index in [-0.39, 0.29) is 0 Å². The van der Waals surface area contributed by atoms with Gasteiger partial charge in [-0.1, -0.05) is 20.4 Å². The normalized spacial score (nSPS) is 10.9. The molecule has 0 aliphatic rings. The topological polar surface area (TPSA) is 17.8 Å². The summed E-state index contributed by atoms with van der Waals surface area (Å²) in [5, 5.41) is 0. The Morgan fingerprint density at radius 3 is 2.78 bits per heavy atom. The van der Waals surface area contributed by atoms with Crippen molar-refractivity contribution in [1.82, 2.24) is 9.55 Å². The fourth-order valence-electron chi connectivity index (χ4n) is 2.16. The highest BCUT2D eigenvalue weighted by Gasteiger charge is 2.09. The van der Waals surface area contributed by atoms with Crippen LogP contribution >= 0.6 is 0 Å². The van der Waals surface area contributed by atoms with Crippen LogP contribution in [-0.4, -0.2) is 9.55 Å². The van der Waals surface area contributed by atoms with Crippen LogP contribution in [0.5, 0.6) is 0 Å². The molecule has 0 fully saturated rings. The highest BCUT2D eigenvalue weighted by Crippen LogP contribution is 2.27. The Morgan fingerprint density at radius 2 is 2.17 bits per heavy atom. The molecule has 0 atom stereocenters. The minimum atomic E-state index is 0.449. The minimum absolute atomic E-state index is 0.449. The van der Waals surface area contributed by atoms with Gasteiger partial charge in [0.2, 0.25) is 0 Å². The van der Waals surface area contributed by atoms with E-state index >= 15 is 0 Å². The summed E-state index contributed by atoms with van der Waals surface area (Å²) >= 11 is 0. The zero-order valence-corrected chi connectivity index (χ0v) is 11.4. The van der Waals surface area contributed by atoms with Crippen molar-refractivity contribution >= 4 is 6.08 Å². The Labute approximate surface area is 109 Å². The molecule has 0 aliphatic carbocycles. The molecule has 0 unspecified atom stereocenters. The van der Waals surface area contributed by atoms with Crippen LogP contribution in [0.2, 0.25) is 0 Å². The number of nitrogens with zero attached hydrogens (tertiary/aromatic N) is 2. The van der Waals surface area contributed by atoms with Crippen molar-refractivity contribution in [3.63, 3.8) is 0 Å². The Morgan fingerprint density at radius 1 is 1.39 bits per heavy atom. The fraction of sp³-hybridized carbons (Fsp3) is 0.312. The zero-order chi connectivity index (χ0) is 13.1. The van der Waals surface area contributed by atoms with Crippen molar-refractivity contribution < 1.29 is 0 Å². The third kappa shape index (κ3) is 2.23. The molecule has 2 nitrogen and oxygen atoms in total. The van der Waals surface area contributed by atoms with E-state index in [0.717, 1.165) is 12.2 Å². The molecule has 0 aliphatic heterocycles. The number of aryl methyl sites for hydroxylation is 1. The van der Waals surface area contributed by atoms with Gasteiger partial charge in [0.25, 0.3) is 0 Å². The molecule has 2 aromatic rings. The lowest BCUT2D eigenvalue weighted by Crippen LogP contribution is -1.96. The number of aromatic nitrogens is 2. The molecule has 0 saturated carbocycles. The molecule has 2 aromatic heterocycles. The SMILES string of the molecule is C=Cc1c(-c2ccnc(C(C)C)c2)ccn1CC. The molecule has 0 aromatic carbocycles. The second-order valence-electron chi connectivity index (χ2n) is 4.73. The van der Waals surface area contributed by atoms with E-state index < -0.39 is 0 Å². The summed E-state index contributed by atoms with van der Waals surface area (Å²) in [4.78, 5) is 4.41. The van der Waals surface area contributed by atoms with Gasteiger partial charge in [0.15, 0.2) is 0 Å². The van der Waals surface area contributed by atoms with Crippen molar-refractivity contribution in [3.8, 4) is 11.1 Å². The summed E-state index contributed by atoms with van der Waals surface area (Å²) in [5.41, 5.74) is 4.76. The number of hydrogen-bond acceptors (Lipinski definition) is 1. The third-order valence-corrected chi connectivity index (χ3v) is 3.22. The molecule has 2 heteroatoms. The maximum Gasteiger partial charge on any atom is 0.0480 e. The van der Waals surface area contributed by atoms with Crippen molar-refractivity contribution in [3.05, 3.63) is 48.6 Å². The van der Waals surface area contributed by atoms with Crippen molar-refractivity contribution in [2.24, 2.45) is 0 Å². The monoisotopic (exact) mass is 240 g/mol. The van der Waals surface area contributed by atoms with Gasteiger partial charge < -0.3 is 4.57 Å². The molecular weight excluding hydrogens is 220 g/mol. The van der Waals surface area contributed by atoms with Gasteiger partial charge in [0.05, 0.1) is 0 Å². The quantitative estimate of drug-likeness (QED) is 0.777.